The number of anilines is 2. The van der Waals surface area contributed by atoms with E-state index in [-0.39, 0.29) is 0 Å². The van der Waals surface area contributed by atoms with Crippen LogP contribution in [0.3, 0.4) is 0 Å². The Labute approximate surface area is 136 Å². The fourth-order valence-electron chi connectivity index (χ4n) is 1.89. The second-order valence-corrected chi connectivity index (χ2v) is 4.90. The Hall–Kier alpha value is -3.06. The fourth-order valence-corrected chi connectivity index (χ4v) is 2.09. The predicted molar refractivity (Wildman–Crippen MR) is 86.3 cm³/mol. The number of halogens is 1. The third-order valence-corrected chi connectivity index (χ3v) is 3.30. The van der Waals surface area contributed by atoms with Crippen LogP contribution in [0.5, 0.6) is 0 Å². The van der Waals surface area contributed by atoms with Crippen LogP contribution in [0.25, 0.3) is 11.4 Å². The summed E-state index contributed by atoms with van der Waals surface area (Å²) in [5.41, 5.74) is 6.96. The van der Waals surface area contributed by atoms with Crippen LogP contribution in [0, 0.1) is 0 Å². The van der Waals surface area contributed by atoms with Crippen molar-refractivity contribution in [1.82, 2.24) is 19.9 Å². The number of hydrogen-bond donors (Lipinski definition) is 2. The summed E-state index contributed by atoms with van der Waals surface area (Å²) in [5.74, 6) is 0.279. The maximum absolute atomic E-state index is 11.1. The lowest BCUT2D eigenvalue weighted by Crippen LogP contribution is -2.10. The van der Waals surface area contributed by atoms with Crippen LogP contribution >= 0.6 is 11.6 Å². The molecule has 0 spiro atoms. The highest BCUT2D eigenvalue weighted by atomic mass is 35.5. The number of carbonyl (C=O) groups excluding carboxylic acids is 1. The molecule has 2 heterocycles. The van der Waals surface area contributed by atoms with E-state index in [4.69, 9.17) is 17.3 Å². The number of rotatable bonds is 4. The van der Waals surface area contributed by atoms with Crippen LogP contribution in [-0.4, -0.2) is 25.8 Å². The molecule has 0 radical (unpaired) electrons. The van der Waals surface area contributed by atoms with Crippen LogP contribution in [0.15, 0.2) is 48.9 Å². The minimum Gasteiger partial charge on any atom is -0.366 e. The maximum Gasteiger partial charge on any atom is 0.248 e. The summed E-state index contributed by atoms with van der Waals surface area (Å²) in [6, 6.07) is 10.2. The molecule has 3 N–H and O–H groups in total. The molecule has 0 unspecified atom stereocenters. The van der Waals surface area contributed by atoms with Gasteiger partial charge < -0.3 is 11.1 Å². The zero-order chi connectivity index (χ0) is 16.2. The van der Waals surface area contributed by atoms with E-state index >= 15 is 0 Å². The highest BCUT2D eigenvalue weighted by molar-refractivity contribution is 6.31. The summed E-state index contributed by atoms with van der Waals surface area (Å²) in [6.45, 7) is 0. The van der Waals surface area contributed by atoms with Crippen molar-refractivity contribution in [2.24, 2.45) is 5.73 Å². The summed E-state index contributed by atoms with van der Waals surface area (Å²) < 4.78 is 0. The Kier molecular flexibility index (Phi) is 4.11. The fraction of sp³-hybridized carbons (Fsp3) is 0. The van der Waals surface area contributed by atoms with E-state index in [1.165, 1.54) is 6.33 Å². The van der Waals surface area contributed by atoms with Crippen molar-refractivity contribution < 1.29 is 4.79 Å². The van der Waals surface area contributed by atoms with Crippen LogP contribution in [0.4, 0.5) is 11.6 Å². The van der Waals surface area contributed by atoms with E-state index in [2.05, 4.69) is 25.3 Å². The Morgan fingerprint density at radius 1 is 1.09 bits per heavy atom. The SMILES string of the molecule is NC(=O)c1ccc(Nc2ncnc(-c3cccnc3Cl)n2)cc1. The number of nitrogens with two attached hydrogens (primary N) is 1. The van der Waals surface area contributed by atoms with Crippen LogP contribution in [0.1, 0.15) is 10.4 Å². The summed E-state index contributed by atoms with van der Waals surface area (Å²) in [5, 5.41) is 3.34. The molecule has 7 nitrogen and oxygen atoms in total. The molecular weight excluding hydrogens is 316 g/mol. The van der Waals surface area contributed by atoms with Crippen molar-refractivity contribution in [2.45, 2.75) is 0 Å². The number of benzene rings is 1. The van der Waals surface area contributed by atoms with Crippen molar-refractivity contribution in [3.05, 3.63) is 59.6 Å². The van der Waals surface area contributed by atoms with Crippen LogP contribution in [0.2, 0.25) is 5.15 Å². The van der Waals surface area contributed by atoms with Gasteiger partial charge in [-0.05, 0) is 36.4 Å². The van der Waals surface area contributed by atoms with E-state index in [0.717, 1.165) is 0 Å². The van der Waals surface area contributed by atoms with E-state index in [0.29, 0.717) is 33.7 Å². The lowest BCUT2D eigenvalue weighted by atomic mass is 10.2. The third kappa shape index (κ3) is 3.41. The van der Waals surface area contributed by atoms with Gasteiger partial charge in [0.1, 0.15) is 11.5 Å². The van der Waals surface area contributed by atoms with Gasteiger partial charge in [-0.2, -0.15) is 4.98 Å². The molecule has 0 aliphatic heterocycles. The highest BCUT2D eigenvalue weighted by Gasteiger charge is 2.09. The number of carbonyl (C=O) groups is 1. The molecule has 3 rings (SSSR count). The molecule has 0 fully saturated rings. The van der Waals surface area contributed by atoms with Gasteiger partial charge in [0.05, 0.1) is 5.56 Å². The molecule has 0 bridgehead atoms. The zero-order valence-corrected chi connectivity index (χ0v) is 12.5. The second kappa shape index (κ2) is 6.37. The first kappa shape index (κ1) is 14.9. The largest absolute Gasteiger partial charge is 0.366 e. The smallest absolute Gasteiger partial charge is 0.248 e. The van der Waals surface area contributed by atoms with Crippen molar-refractivity contribution in [1.29, 1.82) is 0 Å². The first-order valence-corrected chi connectivity index (χ1v) is 6.98. The molecule has 114 valence electrons. The zero-order valence-electron chi connectivity index (χ0n) is 11.8. The van der Waals surface area contributed by atoms with Gasteiger partial charge >= 0.3 is 0 Å². The number of pyridine rings is 1. The standard InChI is InChI=1S/C15H11ClN6O/c16-12-11(2-1-7-18-12)14-19-8-20-15(22-14)21-10-5-3-9(4-6-10)13(17)23/h1-8H,(H2,17,23)(H,19,20,21,22). The van der Waals surface area contributed by atoms with Crippen LogP contribution in [-0.2, 0) is 0 Å². The monoisotopic (exact) mass is 326 g/mol. The topological polar surface area (TPSA) is 107 Å². The van der Waals surface area contributed by atoms with Gasteiger partial charge in [-0.25, -0.2) is 15.0 Å². The molecule has 2 aromatic heterocycles. The Bertz CT molecular complexity index is 853. The number of nitrogens with one attached hydrogen (secondary N) is 1. The van der Waals surface area contributed by atoms with Gasteiger partial charge in [0.2, 0.25) is 11.9 Å². The lowest BCUT2D eigenvalue weighted by Gasteiger charge is -2.07. The molecule has 0 aliphatic rings. The Morgan fingerprint density at radius 2 is 1.87 bits per heavy atom. The Balaban J connectivity index is 1.86. The molecular formula is C15H11ClN6O. The minimum atomic E-state index is -0.481. The average molecular weight is 327 g/mol. The van der Waals surface area contributed by atoms with Gasteiger partial charge in [-0.1, -0.05) is 11.6 Å². The molecule has 23 heavy (non-hydrogen) atoms. The van der Waals surface area contributed by atoms with E-state index < -0.39 is 5.91 Å². The second-order valence-electron chi connectivity index (χ2n) is 4.54. The van der Waals surface area contributed by atoms with Crippen molar-refractivity contribution >= 4 is 29.1 Å². The molecule has 0 saturated carbocycles. The Morgan fingerprint density at radius 3 is 2.57 bits per heavy atom. The quantitative estimate of drug-likeness (QED) is 0.713. The molecule has 3 aromatic rings. The van der Waals surface area contributed by atoms with E-state index in [1.807, 2.05) is 0 Å². The van der Waals surface area contributed by atoms with Gasteiger partial charge in [0, 0.05) is 17.4 Å². The minimum absolute atomic E-state index is 0.315. The van der Waals surface area contributed by atoms with Gasteiger partial charge in [0.15, 0.2) is 5.82 Å². The molecule has 0 atom stereocenters. The molecule has 0 aliphatic carbocycles. The first-order valence-electron chi connectivity index (χ1n) is 6.60. The van der Waals surface area contributed by atoms with Crippen molar-refractivity contribution in [3.63, 3.8) is 0 Å². The summed E-state index contributed by atoms with van der Waals surface area (Å²) in [6.07, 6.45) is 2.97. The first-order chi connectivity index (χ1) is 11.1. The number of aromatic nitrogens is 4. The number of hydrogen-bond acceptors (Lipinski definition) is 6. The lowest BCUT2D eigenvalue weighted by molar-refractivity contribution is 0.100. The van der Waals surface area contributed by atoms with E-state index in [1.54, 1.807) is 42.6 Å². The molecule has 1 amide bonds. The number of nitrogens with zero attached hydrogens (tertiary/aromatic N) is 4. The van der Waals surface area contributed by atoms with Gasteiger partial charge in [-0.15, -0.1) is 0 Å². The maximum atomic E-state index is 11.1. The van der Waals surface area contributed by atoms with Gasteiger partial charge in [-0.3, -0.25) is 4.79 Å². The number of primary amides is 1. The summed E-state index contributed by atoms with van der Waals surface area (Å²) in [4.78, 5) is 27.5. The molecule has 1 aromatic carbocycles. The normalized spacial score (nSPS) is 10.3. The molecule has 0 saturated heterocycles. The highest BCUT2D eigenvalue weighted by Crippen LogP contribution is 2.23. The predicted octanol–water partition coefficient (Wildman–Crippen LogP) is 2.43. The molecule has 8 heteroatoms. The van der Waals surface area contributed by atoms with Gasteiger partial charge in [0.25, 0.3) is 0 Å². The summed E-state index contributed by atoms with van der Waals surface area (Å²) in [7, 11) is 0. The van der Waals surface area contributed by atoms with Crippen molar-refractivity contribution in [3.8, 4) is 11.4 Å². The third-order valence-electron chi connectivity index (χ3n) is 3.00. The van der Waals surface area contributed by atoms with Crippen LogP contribution < -0.4 is 11.1 Å². The summed E-state index contributed by atoms with van der Waals surface area (Å²) >= 11 is 6.04. The van der Waals surface area contributed by atoms with Crippen molar-refractivity contribution in [2.75, 3.05) is 5.32 Å². The number of amides is 1. The average Bonchev–Trinajstić information content (AvgIpc) is 2.56. The van der Waals surface area contributed by atoms with E-state index in [9.17, 15) is 4.79 Å².